The third kappa shape index (κ3) is 4.08. The number of hydrogen-bond acceptors (Lipinski definition) is 2. The summed E-state index contributed by atoms with van der Waals surface area (Å²) in [4.78, 5) is 13.1. The van der Waals surface area contributed by atoms with E-state index in [2.05, 4.69) is 12.2 Å². The van der Waals surface area contributed by atoms with Crippen molar-refractivity contribution in [2.24, 2.45) is 0 Å². The Bertz CT molecular complexity index is 522. The van der Waals surface area contributed by atoms with E-state index in [-0.39, 0.29) is 11.9 Å². The van der Waals surface area contributed by atoms with Crippen molar-refractivity contribution < 1.29 is 4.79 Å². The molecule has 2 rings (SSSR count). The van der Waals surface area contributed by atoms with E-state index in [1.165, 1.54) is 0 Å². The van der Waals surface area contributed by atoms with Crippen LogP contribution in [0.2, 0.25) is 5.02 Å². The molecular weight excluding hydrogens is 278 g/mol. The number of nitrogens with one attached hydrogen (secondary N) is 1. The van der Waals surface area contributed by atoms with Gasteiger partial charge in [0.2, 0.25) is 5.91 Å². The van der Waals surface area contributed by atoms with Gasteiger partial charge in [0, 0.05) is 9.90 Å². The third-order valence-electron chi connectivity index (χ3n) is 2.93. The minimum atomic E-state index is 0.0460. The molecule has 0 spiro atoms. The van der Waals surface area contributed by atoms with Gasteiger partial charge < -0.3 is 5.32 Å². The van der Waals surface area contributed by atoms with E-state index >= 15 is 0 Å². The van der Waals surface area contributed by atoms with Gasteiger partial charge in [0.1, 0.15) is 0 Å². The van der Waals surface area contributed by atoms with Crippen molar-refractivity contribution in [3.63, 3.8) is 0 Å². The van der Waals surface area contributed by atoms with Crippen molar-refractivity contribution >= 4 is 28.8 Å². The van der Waals surface area contributed by atoms with Gasteiger partial charge in [0.25, 0.3) is 0 Å². The largest absolute Gasteiger partial charge is 0.349 e. The lowest BCUT2D eigenvalue weighted by molar-refractivity contribution is -0.121. The summed E-state index contributed by atoms with van der Waals surface area (Å²) in [6, 6.07) is 11.6. The highest BCUT2D eigenvalue weighted by molar-refractivity contribution is 7.10. The van der Waals surface area contributed by atoms with Crippen molar-refractivity contribution in [3.8, 4) is 0 Å². The molecule has 0 aliphatic carbocycles. The molecule has 1 aromatic heterocycles. The van der Waals surface area contributed by atoms with Crippen LogP contribution in [0.15, 0.2) is 41.8 Å². The minimum Gasteiger partial charge on any atom is -0.349 e. The quantitative estimate of drug-likeness (QED) is 0.879. The van der Waals surface area contributed by atoms with E-state index in [4.69, 9.17) is 11.6 Å². The maximum atomic E-state index is 12.0. The number of halogens is 1. The average Bonchev–Trinajstić information content (AvgIpc) is 2.90. The molecule has 0 saturated heterocycles. The summed E-state index contributed by atoms with van der Waals surface area (Å²) in [5.74, 6) is 0.0595. The van der Waals surface area contributed by atoms with Gasteiger partial charge in [-0.2, -0.15) is 0 Å². The Morgan fingerprint density at radius 1 is 1.32 bits per heavy atom. The molecule has 1 atom stereocenters. The Balaban J connectivity index is 1.98. The van der Waals surface area contributed by atoms with Crippen LogP contribution in [-0.4, -0.2) is 5.91 Å². The average molecular weight is 294 g/mol. The van der Waals surface area contributed by atoms with Crippen LogP contribution in [-0.2, 0) is 11.2 Å². The summed E-state index contributed by atoms with van der Waals surface area (Å²) in [5.41, 5.74) is 1.09. The maximum absolute atomic E-state index is 12.0. The maximum Gasteiger partial charge on any atom is 0.225 e. The summed E-state index contributed by atoms with van der Waals surface area (Å²) in [5, 5.41) is 5.76. The van der Waals surface area contributed by atoms with E-state index in [1.54, 1.807) is 11.3 Å². The van der Waals surface area contributed by atoms with Crippen LogP contribution in [0, 0.1) is 0 Å². The van der Waals surface area contributed by atoms with Gasteiger partial charge in [-0.25, -0.2) is 0 Å². The normalized spacial score (nSPS) is 12.1. The van der Waals surface area contributed by atoms with Crippen LogP contribution in [0.25, 0.3) is 0 Å². The van der Waals surface area contributed by atoms with Gasteiger partial charge in [0.15, 0.2) is 0 Å². The number of hydrogen-bond donors (Lipinski definition) is 1. The molecule has 0 bridgehead atoms. The molecule has 1 aromatic carbocycles. The second-order valence-electron chi connectivity index (χ2n) is 4.34. The highest BCUT2D eigenvalue weighted by Crippen LogP contribution is 2.19. The molecule has 19 heavy (non-hydrogen) atoms. The van der Waals surface area contributed by atoms with Gasteiger partial charge in [-0.3, -0.25) is 4.79 Å². The highest BCUT2D eigenvalue weighted by Gasteiger charge is 2.13. The number of rotatable bonds is 5. The number of carbonyl (C=O) groups is 1. The molecule has 0 aliphatic heterocycles. The molecule has 0 radical (unpaired) electrons. The third-order valence-corrected chi connectivity index (χ3v) is 4.06. The molecule has 1 unspecified atom stereocenters. The van der Waals surface area contributed by atoms with Crippen LogP contribution >= 0.6 is 22.9 Å². The first kappa shape index (κ1) is 14.1. The van der Waals surface area contributed by atoms with E-state index in [1.807, 2.05) is 41.8 Å². The zero-order chi connectivity index (χ0) is 13.7. The second kappa shape index (κ2) is 6.73. The van der Waals surface area contributed by atoms with Crippen molar-refractivity contribution in [1.82, 2.24) is 5.32 Å². The topological polar surface area (TPSA) is 29.1 Å². The van der Waals surface area contributed by atoms with Crippen LogP contribution in [0.1, 0.15) is 29.8 Å². The van der Waals surface area contributed by atoms with Gasteiger partial charge in [-0.1, -0.05) is 36.7 Å². The summed E-state index contributed by atoms with van der Waals surface area (Å²) in [7, 11) is 0. The fourth-order valence-electron chi connectivity index (χ4n) is 1.93. The van der Waals surface area contributed by atoms with E-state index in [0.29, 0.717) is 11.4 Å². The van der Waals surface area contributed by atoms with Crippen molar-refractivity contribution in [1.29, 1.82) is 0 Å². The predicted octanol–water partition coefficient (Wildman–Crippen LogP) is 4.21. The predicted molar refractivity (Wildman–Crippen MR) is 80.6 cm³/mol. The summed E-state index contributed by atoms with van der Waals surface area (Å²) >= 11 is 7.48. The zero-order valence-electron chi connectivity index (χ0n) is 10.7. The first-order chi connectivity index (χ1) is 9.19. The Morgan fingerprint density at radius 2 is 2.05 bits per heavy atom. The van der Waals surface area contributed by atoms with Gasteiger partial charge in [0.05, 0.1) is 12.5 Å². The Kier molecular flexibility index (Phi) is 5.00. The number of carbonyl (C=O) groups excluding carboxylic acids is 1. The Labute approximate surface area is 122 Å². The number of benzene rings is 1. The summed E-state index contributed by atoms with van der Waals surface area (Å²) in [6.07, 6.45) is 1.31. The molecular formula is C15H16ClNOS. The number of thiophene rings is 1. The monoisotopic (exact) mass is 293 g/mol. The van der Waals surface area contributed by atoms with E-state index in [0.717, 1.165) is 16.9 Å². The van der Waals surface area contributed by atoms with Gasteiger partial charge >= 0.3 is 0 Å². The van der Waals surface area contributed by atoms with Crippen molar-refractivity contribution in [3.05, 3.63) is 57.2 Å². The number of amides is 1. The molecule has 1 amide bonds. The minimum absolute atomic E-state index is 0.0460. The second-order valence-corrected chi connectivity index (χ2v) is 5.80. The molecule has 0 aliphatic rings. The van der Waals surface area contributed by atoms with Gasteiger partial charge in [-0.05, 0) is 35.6 Å². The highest BCUT2D eigenvalue weighted by atomic mass is 35.5. The molecule has 0 saturated carbocycles. The Morgan fingerprint density at radius 3 is 2.63 bits per heavy atom. The smallest absolute Gasteiger partial charge is 0.225 e. The van der Waals surface area contributed by atoms with E-state index < -0.39 is 0 Å². The van der Waals surface area contributed by atoms with Crippen LogP contribution < -0.4 is 5.32 Å². The molecule has 1 N–H and O–H groups in total. The molecule has 2 nitrogen and oxygen atoms in total. The molecule has 0 fully saturated rings. The summed E-state index contributed by atoms with van der Waals surface area (Å²) in [6.45, 7) is 2.06. The fraction of sp³-hybridized carbons (Fsp3) is 0.267. The van der Waals surface area contributed by atoms with Crippen LogP contribution in [0.4, 0.5) is 0 Å². The van der Waals surface area contributed by atoms with Crippen molar-refractivity contribution in [2.75, 3.05) is 0 Å². The zero-order valence-corrected chi connectivity index (χ0v) is 12.3. The molecule has 100 valence electrons. The van der Waals surface area contributed by atoms with Crippen molar-refractivity contribution in [2.45, 2.75) is 25.8 Å². The SMILES string of the molecule is CCC(NC(=O)Cc1cccs1)c1ccc(Cl)cc1. The first-order valence-corrected chi connectivity index (χ1v) is 7.52. The Hall–Kier alpha value is -1.32. The van der Waals surface area contributed by atoms with Gasteiger partial charge in [-0.15, -0.1) is 11.3 Å². The summed E-state index contributed by atoms with van der Waals surface area (Å²) < 4.78 is 0. The van der Waals surface area contributed by atoms with E-state index in [9.17, 15) is 4.79 Å². The lowest BCUT2D eigenvalue weighted by Crippen LogP contribution is -2.29. The molecule has 4 heteroatoms. The first-order valence-electron chi connectivity index (χ1n) is 6.26. The fourth-order valence-corrected chi connectivity index (χ4v) is 2.76. The van der Waals surface area contributed by atoms with Crippen LogP contribution in [0.5, 0.6) is 0 Å². The standard InChI is InChI=1S/C15H16ClNOS/c1-2-14(11-5-7-12(16)8-6-11)17-15(18)10-13-4-3-9-19-13/h3-9,14H,2,10H2,1H3,(H,17,18). The lowest BCUT2D eigenvalue weighted by atomic mass is 10.0. The van der Waals surface area contributed by atoms with Crippen LogP contribution in [0.3, 0.4) is 0 Å². The molecule has 2 aromatic rings. The lowest BCUT2D eigenvalue weighted by Gasteiger charge is -2.17. The molecule has 1 heterocycles.